The van der Waals surface area contributed by atoms with Crippen molar-refractivity contribution in [1.82, 2.24) is 19.7 Å². The Labute approximate surface area is 146 Å². The number of rotatable bonds is 5. The van der Waals surface area contributed by atoms with E-state index < -0.39 is 0 Å². The predicted octanol–water partition coefficient (Wildman–Crippen LogP) is 2.44. The summed E-state index contributed by atoms with van der Waals surface area (Å²) >= 11 is 0. The molecular weight excluding hydrogens is 318 g/mol. The smallest absolute Gasteiger partial charge is 0.203 e. The van der Waals surface area contributed by atoms with Crippen LogP contribution in [0.3, 0.4) is 0 Å². The molecule has 7 heteroatoms. The summed E-state index contributed by atoms with van der Waals surface area (Å²) in [6.45, 7) is 2.73. The van der Waals surface area contributed by atoms with Crippen molar-refractivity contribution >= 4 is 17.0 Å². The summed E-state index contributed by atoms with van der Waals surface area (Å²) in [5, 5.41) is 4.28. The van der Waals surface area contributed by atoms with Gasteiger partial charge in [-0.2, -0.15) is 5.10 Å². The average molecular weight is 341 g/mol. The number of nitrogens with zero attached hydrogens (tertiary/aromatic N) is 4. The zero-order valence-corrected chi connectivity index (χ0v) is 14.8. The van der Waals surface area contributed by atoms with Crippen molar-refractivity contribution in [2.45, 2.75) is 6.42 Å². The Balaban J connectivity index is 1.76. The third kappa shape index (κ3) is 2.84. The number of hydrogen-bond donors (Lipinski definition) is 1. The van der Waals surface area contributed by atoms with Gasteiger partial charge in [-0.25, -0.2) is 4.98 Å². The van der Waals surface area contributed by atoms with E-state index >= 15 is 0 Å². The molecule has 3 heterocycles. The van der Waals surface area contributed by atoms with Gasteiger partial charge in [-0.1, -0.05) is 0 Å². The number of anilines is 1. The summed E-state index contributed by atoms with van der Waals surface area (Å²) in [5.41, 5.74) is 3.94. The van der Waals surface area contributed by atoms with Crippen molar-refractivity contribution in [3.63, 3.8) is 0 Å². The number of imidazole rings is 1. The summed E-state index contributed by atoms with van der Waals surface area (Å²) in [4.78, 5) is 10.6. The van der Waals surface area contributed by atoms with Gasteiger partial charge in [-0.15, -0.1) is 0 Å². The van der Waals surface area contributed by atoms with E-state index in [0.717, 1.165) is 60.0 Å². The Hall–Kier alpha value is -2.54. The molecule has 3 aromatic rings. The lowest BCUT2D eigenvalue weighted by Crippen LogP contribution is -2.22. The second-order valence-corrected chi connectivity index (χ2v) is 6.56. The molecule has 132 valence electrons. The molecule has 0 bridgehead atoms. The van der Waals surface area contributed by atoms with Crippen LogP contribution in [0.4, 0.5) is 5.95 Å². The summed E-state index contributed by atoms with van der Waals surface area (Å²) in [6.07, 6.45) is 4.98. The van der Waals surface area contributed by atoms with Crippen LogP contribution in [-0.4, -0.2) is 53.7 Å². The van der Waals surface area contributed by atoms with Crippen LogP contribution in [0.15, 0.2) is 24.5 Å². The molecule has 25 heavy (non-hydrogen) atoms. The Kier molecular flexibility index (Phi) is 4.09. The summed E-state index contributed by atoms with van der Waals surface area (Å²) in [7, 11) is 5.36. The second kappa shape index (κ2) is 6.40. The van der Waals surface area contributed by atoms with E-state index in [4.69, 9.17) is 14.5 Å². The number of ether oxygens (including phenoxy) is 2. The number of hydrogen-bond acceptors (Lipinski definition) is 5. The maximum absolute atomic E-state index is 5.53. The van der Waals surface area contributed by atoms with Crippen molar-refractivity contribution in [3.8, 4) is 16.9 Å². The van der Waals surface area contributed by atoms with E-state index in [1.807, 2.05) is 31.6 Å². The molecule has 4 rings (SSSR count). The van der Waals surface area contributed by atoms with Crippen molar-refractivity contribution < 1.29 is 9.47 Å². The molecule has 1 fully saturated rings. The van der Waals surface area contributed by atoms with Crippen LogP contribution in [0.25, 0.3) is 22.2 Å². The highest BCUT2D eigenvalue weighted by molar-refractivity contribution is 5.96. The fourth-order valence-electron chi connectivity index (χ4n) is 3.57. The molecule has 1 unspecified atom stereocenters. The molecule has 0 spiro atoms. The van der Waals surface area contributed by atoms with Gasteiger partial charge in [0.15, 0.2) is 0 Å². The first-order valence-corrected chi connectivity index (χ1v) is 8.49. The van der Waals surface area contributed by atoms with Gasteiger partial charge in [0, 0.05) is 50.5 Å². The molecule has 1 saturated heterocycles. The first kappa shape index (κ1) is 16.0. The fourth-order valence-corrected chi connectivity index (χ4v) is 3.57. The van der Waals surface area contributed by atoms with Crippen LogP contribution in [0.2, 0.25) is 0 Å². The highest BCUT2D eigenvalue weighted by atomic mass is 16.5. The molecule has 0 radical (unpaired) electrons. The van der Waals surface area contributed by atoms with Crippen molar-refractivity contribution in [3.05, 3.63) is 24.5 Å². The number of aromatic amines is 1. The number of methoxy groups -OCH3 is 2. The van der Waals surface area contributed by atoms with Crippen LogP contribution in [0, 0.1) is 5.92 Å². The van der Waals surface area contributed by atoms with Gasteiger partial charge in [0.05, 0.1) is 19.9 Å². The molecule has 7 nitrogen and oxygen atoms in total. The standard InChI is InChI=1S/C18H23N5O2/c1-22-10-13(8-19-22)14-4-5-15(25-3)17-16(14)20-18(21-17)23-7-6-12(9-23)11-24-2/h4-5,8,10,12H,6-7,9,11H2,1-3H3,(H,20,21). The minimum atomic E-state index is 0.554. The first-order chi connectivity index (χ1) is 12.2. The topological polar surface area (TPSA) is 68.2 Å². The molecule has 0 saturated carbocycles. The number of H-pyrrole nitrogens is 1. The molecule has 0 amide bonds. The lowest BCUT2D eigenvalue weighted by Gasteiger charge is -2.14. The van der Waals surface area contributed by atoms with Gasteiger partial charge in [0.25, 0.3) is 0 Å². The van der Waals surface area contributed by atoms with Gasteiger partial charge in [-0.3, -0.25) is 4.68 Å². The van der Waals surface area contributed by atoms with E-state index in [9.17, 15) is 0 Å². The Morgan fingerprint density at radius 3 is 2.92 bits per heavy atom. The quantitative estimate of drug-likeness (QED) is 0.772. The van der Waals surface area contributed by atoms with E-state index in [2.05, 4.69) is 15.0 Å². The molecule has 1 atom stereocenters. The molecule has 1 aliphatic rings. The highest BCUT2D eigenvalue weighted by Gasteiger charge is 2.25. The number of nitrogens with one attached hydrogen (secondary N) is 1. The largest absolute Gasteiger partial charge is 0.494 e. The van der Waals surface area contributed by atoms with Crippen LogP contribution >= 0.6 is 0 Å². The van der Waals surface area contributed by atoms with Gasteiger partial charge in [0.2, 0.25) is 5.95 Å². The van der Waals surface area contributed by atoms with Crippen LogP contribution < -0.4 is 9.64 Å². The normalized spacial score (nSPS) is 17.6. The zero-order valence-electron chi connectivity index (χ0n) is 14.8. The summed E-state index contributed by atoms with van der Waals surface area (Å²) in [5.74, 6) is 2.25. The first-order valence-electron chi connectivity index (χ1n) is 8.49. The number of benzene rings is 1. The van der Waals surface area contributed by atoms with E-state index in [-0.39, 0.29) is 0 Å². The number of aryl methyl sites for hydroxylation is 1. The summed E-state index contributed by atoms with van der Waals surface area (Å²) in [6, 6.07) is 4.02. The third-order valence-corrected chi connectivity index (χ3v) is 4.82. The summed E-state index contributed by atoms with van der Waals surface area (Å²) < 4.78 is 12.6. The zero-order chi connectivity index (χ0) is 17.4. The van der Waals surface area contributed by atoms with Crippen molar-refractivity contribution in [2.24, 2.45) is 13.0 Å². The molecule has 0 aliphatic carbocycles. The maximum atomic E-state index is 5.53. The number of fused-ring (bicyclic) bond motifs is 1. The van der Waals surface area contributed by atoms with E-state index in [0.29, 0.717) is 5.92 Å². The molecular formula is C18H23N5O2. The Morgan fingerprint density at radius 2 is 2.20 bits per heavy atom. The molecule has 2 aromatic heterocycles. The Morgan fingerprint density at radius 1 is 1.32 bits per heavy atom. The van der Waals surface area contributed by atoms with Crippen LogP contribution in [-0.2, 0) is 11.8 Å². The fraction of sp³-hybridized carbons (Fsp3) is 0.444. The van der Waals surface area contributed by atoms with Gasteiger partial charge < -0.3 is 19.4 Å². The molecule has 1 aromatic carbocycles. The maximum Gasteiger partial charge on any atom is 0.203 e. The predicted molar refractivity (Wildman–Crippen MR) is 97.0 cm³/mol. The van der Waals surface area contributed by atoms with Gasteiger partial charge in [0.1, 0.15) is 16.8 Å². The van der Waals surface area contributed by atoms with Crippen LogP contribution in [0.5, 0.6) is 5.75 Å². The lowest BCUT2D eigenvalue weighted by atomic mass is 10.1. The minimum Gasteiger partial charge on any atom is -0.494 e. The van der Waals surface area contributed by atoms with Crippen molar-refractivity contribution in [1.29, 1.82) is 0 Å². The van der Waals surface area contributed by atoms with E-state index in [1.54, 1.807) is 18.9 Å². The number of aromatic nitrogens is 4. The van der Waals surface area contributed by atoms with Gasteiger partial charge >= 0.3 is 0 Å². The highest BCUT2D eigenvalue weighted by Crippen LogP contribution is 2.35. The second-order valence-electron chi connectivity index (χ2n) is 6.56. The lowest BCUT2D eigenvalue weighted by molar-refractivity contribution is 0.161. The van der Waals surface area contributed by atoms with Crippen LogP contribution in [0.1, 0.15) is 6.42 Å². The minimum absolute atomic E-state index is 0.554. The third-order valence-electron chi connectivity index (χ3n) is 4.82. The monoisotopic (exact) mass is 341 g/mol. The Bertz CT molecular complexity index is 885. The van der Waals surface area contributed by atoms with Crippen molar-refractivity contribution in [2.75, 3.05) is 38.8 Å². The van der Waals surface area contributed by atoms with Gasteiger partial charge in [-0.05, 0) is 18.6 Å². The average Bonchev–Trinajstić information content (AvgIpc) is 3.33. The molecule has 1 N–H and O–H groups in total. The molecule has 1 aliphatic heterocycles. The SMILES string of the molecule is COCC1CCN(c2nc3c(-c4cnn(C)c4)ccc(OC)c3[nH]2)C1. The van der Waals surface area contributed by atoms with E-state index in [1.165, 1.54) is 0 Å².